The summed E-state index contributed by atoms with van der Waals surface area (Å²) in [5.41, 5.74) is -0.650. The lowest BCUT2D eigenvalue weighted by Crippen LogP contribution is -2.57. The zero-order valence-electron chi connectivity index (χ0n) is 11.1. The van der Waals surface area contributed by atoms with Crippen LogP contribution in [0.4, 0.5) is 0 Å². The first-order valence-electron chi connectivity index (χ1n) is 6.23. The molecule has 0 aromatic carbocycles. The zero-order valence-corrected chi connectivity index (χ0v) is 11.1. The molecule has 0 radical (unpaired) electrons. The minimum absolute atomic E-state index is 0.104. The van der Waals surface area contributed by atoms with Crippen molar-refractivity contribution in [3.63, 3.8) is 0 Å². The number of amides is 2. The van der Waals surface area contributed by atoms with Gasteiger partial charge in [0.25, 0.3) is 0 Å². The van der Waals surface area contributed by atoms with Crippen LogP contribution in [0, 0.1) is 0 Å². The van der Waals surface area contributed by atoms with Gasteiger partial charge in [-0.25, -0.2) is 0 Å². The molecule has 98 valence electrons. The number of hydrogen-bond donors (Lipinski definition) is 3. The summed E-state index contributed by atoms with van der Waals surface area (Å²) in [5, 5.41) is 8.67. The first-order valence-corrected chi connectivity index (χ1v) is 6.23. The largest absolute Gasteiger partial charge is 0.352 e. The van der Waals surface area contributed by atoms with Crippen molar-refractivity contribution in [2.75, 3.05) is 6.54 Å². The van der Waals surface area contributed by atoms with E-state index in [1.54, 1.807) is 20.8 Å². The molecule has 1 saturated carbocycles. The average molecular weight is 241 g/mol. The van der Waals surface area contributed by atoms with Crippen molar-refractivity contribution in [1.29, 1.82) is 0 Å². The highest BCUT2D eigenvalue weighted by Crippen LogP contribution is 2.18. The predicted octanol–water partition coefficient (Wildman–Crippen LogP) is 0.158. The summed E-state index contributed by atoms with van der Waals surface area (Å²) in [4.78, 5) is 23.6. The first-order chi connectivity index (χ1) is 7.86. The maximum atomic E-state index is 11.9. The van der Waals surface area contributed by atoms with Crippen molar-refractivity contribution in [2.24, 2.45) is 0 Å². The van der Waals surface area contributed by atoms with Gasteiger partial charge in [0.2, 0.25) is 11.8 Å². The normalized spacial score (nSPS) is 17.4. The van der Waals surface area contributed by atoms with Crippen molar-refractivity contribution < 1.29 is 9.59 Å². The van der Waals surface area contributed by atoms with Crippen LogP contribution in [0.2, 0.25) is 0 Å². The summed E-state index contributed by atoms with van der Waals surface area (Å²) >= 11 is 0. The van der Waals surface area contributed by atoms with E-state index in [4.69, 9.17) is 0 Å². The van der Waals surface area contributed by atoms with Gasteiger partial charge in [-0.3, -0.25) is 9.59 Å². The monoisotopic (exact) mass is 241 g/mol. The standard InChI is InChI=1S/C12H23N3O2/c1-5-13-12(3,4)11(17)14-8(2)10(16)15-9-6-7-9/h8-9,13H,5-7H2,1-4H3,(H,14,17)(H,15,16). The van der Waals surface area contributed by atoms with Crippen LogP contribution in [0.15, 0.2) is 0 Å². The van der Waals surface area contributed by atoms with E-state index in [1.165, 1.54) is 0 Å². The Balaban J connectivity index is 2.40. The fourth-order valence-electron chi connectivity index (χ4n) is 1.52. The number of rotatable bonds is 6. The summed E-state index contributed by atoms with van der Waals surface area (Å²) in [5.74, 6) is -0.258. The molecule has 1 fully saturated rings. The lowest BCUT2D eigenvalue weighted by Gasteiger charge is -2.26. The lowest BCUT2D eigenvalue weighted by atomic mass is 10.0. The molecule has 0 aliphatic heterocycles. The van der Waals surface area contributed by atoms with Crippen molar-refractivity contribution in [3.8, 4) is 0 Å². The molecule has 2 amide bonds. The maximum Gasteiger partial charge on any atom is 0.242 e. The van der Waals surface area contributed by atoms with Gasteiger partial charge in [0.15, 0.2) is 0 Å². The molecule has 1 aliphatic carbocycles. The fraction of sp³-hybridized carbons (Fsp3) is 0.833. The summed E-state index contributed by atoms with van der Waals surface area (Å²) in [7, 11) is 0. The molecule has 1 atom stereocenters. The molecule has 0 saturated heterocycles. The topological polar surface area (TPSA) is 70.2 Å². The van der Waals surface area contributed by atoms with Gasteiger partial charge in [-0.2, -0.15) is 0 Å². The molecule has 0 aromatic rings. The molecule has 0 spiro atoms. The highest BCUT2D eigenvalue weighted by molar-refractivity contribution is 5.91. The van der Waals surface area contributed by atoms with Crippen LogP contribution < -0.4 is 16.0 Å². The third kappa shape index (κ3) is 4.34. The second kappa shape index (κ2) is 5.49. The van der Waals surface area contributed by atoms with Crippen LogP contribution in [-0.2, 0) is 9.59 Å². The Labute approximate surface area is 103 Å². The minimum atomic E-state index is -0.650. The van der Waals surface area contributed by atoms with Gasteiger partial charge in [0.05, 0.1) is 5.54 Å². The Morgan fingerprint density at radius 2 is 1.94 bits per heavy atom. The second-order valence-electron chi connectivity index (χ2n) is 5.13. The van der Waals surface area contributed by atoms with E-state index < -0.39 is 11.6 Å². The van der Waals surface area contributed by atoms with Gasteiger partial charge in [-0.15, -0.1) is 0 Å². The molecule has 0 heterocycles. The quantitative estimate of drug-likeness (QED) is 0.620. The summed E-state index contributed by atoms with van der Waals surface area (Å²) in [6.45, 7) is 7.97. The highest BCUT2D eigenvalue weighted by atomic mass is 16.2. The average Bonchev–Trinajstić information content (AvgIpc) is 3.01. The van der Waals surface area contributed by atoms with Gasteiger partial charge in [-0.1, -0.05) is 6.92 Å². The molecule has 1 aliphatic rings. The van der Waals surface area contributed by atoms with Gasteiger partial charge >= 0.3 is 0 Å². The smallest absolute Gasteiger partial charge is 0.242 e. The van der Waals surface area contributed by atoms with Crippen molar-refractivity contribution in [3.05, 3.63) is 0 Å². The fourth-order valence-corrected chi connectivity index (χ4v) is 1.52. The van der Waals surface area contributed by atoms with E-state index in [0.29, 0.717) is 12.6 Å². The summed E-state index contributed by atoms with van der Waals surface area (Å²) in [6, 6.07) is -0.162. The molecular weight excluding hydrogens is 218 g/mol. The molecule has 17 heavy (non-hydrogen) atoms. The summed E-state index contributed by atoms with van der Waals surface area (Å²) < 4.78 is 0. The Morgan fingerprint density at radius 3 is 2.41 bits per heavy atom. The van der Waals surface area contributed by atoms with Crippen molar-refractivity contribution in [2.45, 2.75) is 58.2 Å². The highest BCUT2D eigenvalue weighted by Gasteiger charge is 2.30. The number of likely N-dealkylation sites (N-methyl/N-ethyl adjacent to an activating group) is 1. The molecule has 5 nitrogen and oxygen atoms in total. The zero-order chi connectivity index (χ0) is 13.1. The number of nitrogens with one attached hydrogen (secondary N) is 3. The van der Waals surface area contributed by atoms with Gasteiger partial charge in [0, 0.05) is 6.04 Å². The van der Waals surface area contributed by atoms with E-state index in [0.717, 1.165) is 12.8 Å². The molecule has 1 unspecified atom stereocenters. The van der Waals surface area contributed by atoms with Crippen molar-refractivity contribution >= 4 is 11.8 Å². The van der Waals surface area contributed by atoms with Gasteiger partial charge in [-0.05, 0) is 40.2 Å². The Kier molecular flexibility index (Phi) is 4.51. The van der Waals surface area contributed by atoms with Crippen LogP contribution in [0.1, 0.15) is 40.5 Å². The third-order valence-corrected chi connectivity index (χ3v) is 2.85. The van der Waals surface area contributed by atoms with Crippen LogP contribution in [0.3, 0.4) is 0 Å². The third-order valence-electron chi connectivity index (χ3n) is 2.85. The molecule has 1 rings (SSSR count). The molecule has 3 N–H and O–H groups in total. The van der Waals surface area contributed by atoms with Crippen LogP contribution >= 0.6 is 0 Å². The van der Waals surface area contributed by atoms with E-state index in [9.17, 15) is 9.59 Å². The minimum Gasteiger partial charge on any atom is -0.352 e. The maximum absolute atomic E-state index is 11.9. The Morgan fingerprint density at radius 1 is 1.35 bits per heavy atom. The van der Waals surface area contributed by atoms with E-state index in [1.807, 2.05) is 6.92 Å². The van der Waals surface area contributed by atoms with E-state index in [2.05, 4.69) is 16.0 Å². The SMILES string of the molecule is CCNC(C)(C)C(=O)NC(C)C(=O)NC1CC1. The first kappa shape index (κ1) is 14.0. The number of carbonyl (C=O) groups excluding carboxylic acids is 2. The number of hydrogen-bond acceptors (Lipinski definition) is 3. The van der Waals surface area contributed by atoms with Crippen LogP contribution in [-0.4, -0.2) is 36.0 Å². The molecule has 0 aromatic heterocycles. The molecule has 0 bridgehead atoms. The summed E-state index contributed by atoms with van der Waals surface area (Å²) in [6.07, 6.45) is 2.10. The van der Waals surface area contributed by atoms with E-state index in [-0.39, 0.29) is 11.8 Å². The second-order valence-corrected chi connectivity index (χ2v) is 5.13. The van der Waals surface area contributed by atoms with Crippen LogP contribution in [0.25, 0.3) is 0 Å². The van der Waals surface area contributed by atoms with Gasteiger partial charge in [0.1, 0.15) is 6.04 Å². The van der Waals surface area contributed by atoms with Crippen LogP contribution in [0.5, 0.6) is 0 Å². The Hall–Kier alpha value is -1.10. The predicted molar refractivity (Wildman–Crippen MR) is 66.5 cm³/mol. The lowest BCUT2D eigenvalue weighted by molar-refractivity contribution is -0.131. The molecule has 5 heteroatoms. The van der Waals surface area contributed by atoms with Crippen molar-refractivity contribution in [1.82, 2.24) is 16.0 Å². The van der Waals surface area contributed by atoms with E-state index >= 15 is 0 Å². The van der Waals surface area contributed by atoms with Gasteiger partial charge < -0.3 is 16.0 Å². The number of carbonyl (C=O) groups is 2. The Bertz CT molecular complexity index is 298. The molecular formula is C12H23N3O2.